The quantitative estimate of drug-likeness (QED) is 0.202. The lowest BCUT2D eigenvalue weighted by Gasteiger charge is -2.36. The first-order valence-corrected chi connectivity index (χ1v) is 16.2. The lowest BCUT2D eigenvalue weighted by atomic mass is 9.69. The number of carbonyl (C=O) groups is 2. The normalized spacial score (nSPS) is 19.6. The minimum Gasteiger partial charge on any atom is -0.456 e. The highest BCUT2D eigenvalue weighted by Gasteiger charge is 2.32. The topological polar surface area (TPSA) is 52.6 Å². The number of ether oxygens (including phenoxy) is 2. The maximum absolute atomic E-state index is 12.5. The van der Waals surface area contributed by atoms with Gasteiger partial charge in [-0.25, -0.2) is 0 Å². The average molecular weight is 613 g/mol. The smallest absolute Gasteiger partial charge is 0.312 e. The third-order valence-corrected chi connectivity index (χ3v) is 8.60. The highest BCUT2D eigenvalue weighted by molar-refractivity contribution is 7.80. The number of thiocarbonyl (C=S) groups is 1. The first-order chi connectivity index (χ1) is 19.6. The lowest BCUT2D eigenvalue weighted by molar-refractivity contribution is -0.143. The highest BCUT2D eigenvalue weighted by Crippen LogP contribution is 2.44. The maximum Gasteiger partial charge on any atom is 0.312 e. The minimum absolute atomic E-state index is 0.000873. The molecular formula is C38H60O4S. The van der Waals surface area contributed by atoms with Crippen molar-refractivity contribution in [2.45, 2.75) is 122 Å². The molecule has 0 amide bonds. The van der Waals surface area contributed by atoms with Gasteiger partial charge in [0.15, 0.2) is 6.61 Å². The van der Waals surface area contributed by atoms with Gasteiger partial charge in [0.25, 0.3) is 0 Å². The van der Waals surface area contributed by atoms with Crippen molar-refractivity contribution in [2.24, 2.45) is 33.5 Å². The van der Waals surface area contributed by atoms with E-state index < -0.39 is 5.97 Å². The number of hydrogen-bond donors (Lipinski definition) is 0. The van der Waals surface area contributed by atoms with Crippen molar-refractivity contribution < 1.29 is 19.1 Å². The zero-order valence-corrected chi connectivity index (χ0v) is 30.2. The van der Waals surface area contributed by atoms with Crippen LogP contribution in [0.25, 0.3) is 0 Å². The van der Waals surface area contributed by atoms with Gasteiger partial charge in [0.1, 0.15) is 0 Å². The van der Waals surface area contributed by atoms with Crippen LogP contribution in [0.2, 0.25) is 0 Å². The predicted molar refractivity (Wildman–Crippen MR) is 185 cm³/mol. The molecule has 0 bridgehead atoms. The van der Waals surface area contributed by atoms with Gasteiger partial charge in [-0.2, -0.15) is 0 Å². The summed E-state index contributed by atoms with van der Waals surface area (Å²) in [6, 6.07) is 0. The van der Waals surface area contributed by atoms with E-state index in [0.717, 1.165) is 12.8 Å². The van der Waals surface area contributed by atoms with Crippen LogP contribution in [0.4, 0.5) is 0 Å². The van der Waals surface area contributed by atoms with Crippen LogP contribution in [0, 0.1) is 47.3 Å². The molecule has 0 aliphatic heterocycles. The van der Waals surface area contributed by atoms with Crippen molar-refractivity contribution in [3.8, 4) is 0 Å². The van der Waals surface area contributed by atoms with E-state index in [4.69, 9.17) is 21.7 Å². The molecule has 0 heterocycles. The molecule has 0 aromatic rings. The highest BCUT2D eigenvalue weighted by atomic mass is 32.1. The van der Waals surface area contributed by atoms with Crippen LogP contribution < -0.4 is 0 Å². The molecule has 2 unspecified atom stereocenters. The van der Waals surface area contributed by atoms with Crippen LogP contribution in [0.1, 0.15) is 122 Å². The fraction of sp³-hybridized carbons (Fsp3) is 0.658. The fourth-order valence-corrected chi connectivity index (χ4v) is 5.30. The molecule has 0 aromatic carbocycles. The summed E-state index contributed by atoms with van der Waals surface area (Å²) < 4.78 is 10.7. The number of carbonyl (C=O) groups excluding carboxylic acids is 2. The van der Waals surface area contributed by atoms with Crippen molar-refractivity contribution in [2.75, 3.05) is 6.61 Å². The van der Waals surface area contributed by atoms with E-state index in [1.165, 1.54) is 22.3 Å². The van der Waals surface area contributed by atoms with Crippen LogP contribution in [0.5, 0.6) is 0 Å². The third-order valence-electron chi connectivity index (χ3n) is 8.40. The molecule has 0 saturated carbocycles. The number of rotatable bonds is 8. The van der Waals surface area contributed by atoms with Gasteiger partial charge in [-0.15, -0.1) is 0 Å². The van der Waals surface area contributed by atoms with E-state index in [9.17, 15) is 9.59 Å². The molecule has 2 rings (SSSR count). The summed E-state index contributed by atoms with van der Waals surface area (Å²) in [5, 5.41) is -0.000873. The van der Waals surface area contributed by atoms with Gasteiger partial charge >= 0.3 is 11.9 Å². The Kier molecular flexibility index (Phi) is 14.4. The Morgan fingerprint density at radius 3 is 1.44 bits per heavy atom. The Morgan fingerprint density at radius 2 is 1.09 bits per heavy atom. The van der Waals surface area contributed by atoms with E-state index in [2.05, 4.69) is 121 Å². The summed E-state index contributed by atoms with van der Waals surface area (Å²) >= 11 is 5.21. The second-order valence-electron chi connectivity index (χ2n) is 16.2. The first-order valence-electron chi connectivity index (χ1n) is 15.8. The molecule has 2 atom stereocenters. The molecule has 242 valence electrons. The molecule has 2 aliphatic carbocycles. The molecule has 2 radical (unpaired) electrons. The molecule has 0 saturated heterocycles. The first kappa shape index (κ1) is 39.0. The Labute approximate surface area is 269 Å². The van der Waals surface area contributed by atoms with Gasteiger partial charge in [-0.1, -0.05) is 144 Å². The summed E-state index contributed by atoms with van der Waals surface area (Å²) in [5.41, 5.74) is 5.66. The zero-order chi connectivity index (χ0) is 33.4. The van der Waals surface area contributed by atoms with Crippen molar-refractivity contribution in [3.05, 3.63) is 60.4 Å². The molecule has 43 heavy (non-hydrogen) atoms. The van der Waals surface area contributed by atoms with Crippen LogP contribution in [0.3, 0.4) is 0 Å². The lowest BCUT2D eigenvalue weighted by Crippen LogP contribution is -2.25. The molecule has 0 spiro atoms. The van der Waals surface area contributed by atoms with E-state index in [-0.39, 0.29) is 52.1 Å². The number of hydrogen-bond acceptors (Lipinski definition) is 5. The second-order valence-corrected chi connectivity index (χ2v) is 16.6. The average Bonchev–Trinajstić information content (AvgIpc) is 2.88. The largest absolute Gasteiger partial charge is 0.456 e. The molecular weight excluding hydrogens is 552 g/mol. The Morgan fingerprint density at radius 1 is 0.721 bits per heavy atom. The Bertz CT molecular complexity index is 1100. The second kappa shape index (κ2) is 15.8. The summed E-state index contributed by atoms with van der Waals surface area (Å²) in [6.07, 6.45) is 12.9. The zero-order valence-electron chi connectivity index (χ0n) is 29.4. The summed E-state index contributed by atoms with van der Waals surface area (Å²) in [4.78, 5) is 25.0. The molecule has 4 nitrogen and oxygen atoms in total. The monoisotopic (exact) mass is 612 g/mol. The molecule has 2 aliphatic rings. The third kappa shape index (κ3) is 13.7. The summed E-state index contributed by atoms with van der Waals surface area (Å²) in [7, 11) is 0. The SMILES string of the molecule is CC(C)(C)C1=CC(CCC(=O)OCC(=S)OC(=O)CCC2=CC(C(C)(C)C)CC(C(C)(C)C)=C2)=CC(C(C)(C)C)C1.[CH2][CH2]. The standard InChI is InChI=1S/C36H56O4S.C2H4/c1-33(2,3)26-17-24(18-27(21-26)34(4,5)6)13-15-30(37)39-23-32(41)40-31(38)16-14-25-19-28(35(7,8)9)22-29(20-25)36(10,11)12;1-2/h17-20,26,28H,13-16,21-23H2,1-12H3;1-2H2. The van der Waals surface area contributed by atoms with Crippen LogP contribution in [-0.2, 0) is 19.1 Å². The Balaban J connectivity index is 0.00000452. The molecule has 5 heteroatoms. The van der Waals surface area contributed by atoms with E-state index in [1.54, 1.807) is 0 Å². The minimum atomic E-state index is -0.393. The van der Waals surface area contributed by atoms with Crippen molar-refractivity contribution in [1.82, 2.24) is 0 Å². The van der Waals surface area contributed by atoms with Gasteiger partial charge in [0.05, 0.1) is 0 Å². The van der Waals surface area contributed by atoms with Gasteiger partial charge in [-0.05, 0) is 71.4 Å². The van der Waals surface area contributed by atoms with E-state index >= 15 is 0 Å². The number of allylic oxidation sites excluding steroid dienone is 8. The van der Waals surface area contributed by atoms with Gasteiger partial charge in [0, 0.05) is 12.8 Å². The van der Waals surface area contributed by atoms with Crippen molar-refractivity contribution in [3.63, 3.8) is 0 Å². The van der Waals surface area contributed by atoms with Crippen LogP contribution >= 0.6 is 12.2 Å². The van der Waals surface area contributed by atoms with Crippen LogP contribution in [-0.4, -0.2) is 23.6 Å². The van der Waals surface area contributed by atoms with Crippen molar-refractivity contribution in [1.29, 1.82) is 0 Å². The summed E-state index contributed by atoms with van der Waals surface area (Å²) in [5.74, 6) is 0.121. The predicted octanol–water partition coefficient (Wildman–Crippen LogP) is 10.5. The molecule has 0 fully saturated rings. The fourth-order valence-electron chi connectivity index (χ4n) is 5.15. The maximum atomic E-state index is 12.5. The van der Waals surface area contributed by atoms with E-state index in [1.807, 2.05) is 0 Å². The van der Waals surface area contributed by atoms with Gasteiger partial charge in [0.2, 0.25) is 5.05 Å². The summed E-state index contributed by atoms with van der Waals surface area (Å²) in [6.45, 7) is 32.9. The van der Waals surface area contributed by atoms with Gasteiger partial charge in [-0.3, -0.25) is 9.59 Å². The van der Waals surface area contributed by atoms with Crippen molar-refractivity contribution >= 4 is 29.2 Å². The molecule has 0 aromatic heterocycles. The van der Waals surface area contributed by atoms with Crippen LogP contribution in [0.15, 0.2) is 46.6 Å². The molecule has 0 N–H and O–H groups in total. The Hall–Kier alpha value is -2.01. The van der Waals surface area contributed by atoms with E-state index in [0.29, 0.717) is 24.7 Å². The van der Waals surface area contributed by atoms with Gasteiger partial charge < -0.3 is 9.47 Å². The number of esters is 2.